The molecule has 0 N–H and O–H groups in total. The first-order valence-electron chi connectivity index (χ1n) is 8.12. The summed E-state index contributed by atoms with van der Waals surface area (Å²) in [6.07, 6.45) is 0. The molecule has 24 heavy (non-hydrogen) atoms. The van der Waals surface area contributed by atoms with Gasteiger partial charge in [-0.3, -0.25) is 0 Å². The average molecular weight is 334 g/mol. The predicted molar refractivity (Wildman–Crippen MR) is 105 cm³/mol. The van der Waals surface area contributed by atoms with Crippen molar-refractivity contribution in [3.8, 4) is 0 Å². The van der Waals surface area contributed by atoms with E-state index in [4.69, 9.17) is 4.43 Å². The van der Waals surface area contributed by atoms with Crippen LogP contribution < -0.4 is 20.5 Å². The van der Waals surface area contributed by atoms with Crippen molar-refractivity contribution in [2.45, 2.75) is 0 Å². The van der Waals surface area contributed by atoms with E-state index in [0.717, 1.165) is 0 Å². The molecule has 3 aromatic rings. The smallest absolute Gasteiger partial charge is 0.287 e. The summed E-state index contributed by atoms with van der Waals surface area (Å²) in [5, 5.41) is 3.78. The Morgan fingerprint density at radius 3 is 1.42 bits per heavy atom. The average Bonchev–Trinajstić information content (AvgIpc) is 2.65. The van der Waals surface area contributed by atoms with Gasteiger partial charge in [0.05, 0.1) is 0 Å². The molecular formula is C21H23NOSi. The lowest BCUT2D eigenvalue weighted by Gasteiger charge is -2.31. The fraction of sp³-hybridized carbons (Fsp3) is 0.143. The molecule has 0 aliphatic rings. The van der Waals surface area contributed by atoms with Gasteiger partial charge in [0.15, 0.2) is 0 Å². The molecule has 0 aliphatic carbocycles. The van der Waals surface area contributed by atoms with Crippen LogP contribution in [0, 0.1) is 0 Å². The third-order valence-corrected chi connectivity index (χ3v) is 8.51. The van der Waals surface area contributed by atoms with Gasteiger partial charge in [-0.1, -0.05) is 72.8 Å². The molecule has 0 heterocycles. The summed E-state index contributed by atoms with van der Waals surface area (Å²) >= 11 is 0. The van der Waals surface area contributed by atoms with E-state index in [2.05, 4.69) is 104 Å². The van der Waals surface area contributed by atoms with Crippen LogP contribution in [0.2, 0.25) is 0 Å². The largest absolute Gasteiger partial charge is 0.408 e. The van der Waals surface area contributed by atoms with E-state index in [1.165, 1.54) is 21.2 Å². The minimum Gasteiger partial charge on any atom is -0.408 e. The van der Waals surface area contributed by atoms with Gasteiger partial charge in [0, 0.05) is 26.9 Å². The maximum absolute atomic E-state index is 6.32. The van der Waals surface area contributed by atoms with Gasteiger partial charge in [0.25, 0.3) is 8.32 Å². The molecule has 0 spiro atoms. The second-order valence-electron chi connectivity index (χ2n) is 6.06. The Bertz CT molecular complexity index is 730. The zero-order chi connectivity index (χ0) is 17.0. The van der Waals surface area contributed by atoms with Crippen molar-refractivity contribution >= 4 is 29.6 Å². The second-order valence-corrected chi connectivity index (χ2v) is 9.56. The lowest BCUT2D eigenvalue weighted by atomic mass is 10.3. The van der Waals surface area contributed by atoms with Crippen molar-refractivity contribution in [1.29, 1.82) is 0 Å². The fourth-order valence-corrected chi connectivity index (χ4v) is 6.86. The van der Waals surface area contributed by atoms with Gasteiger partial charge in [-0.05, 0) is 27.7 Å². The van der Waals surface area contributed by atoms with Gasteiger partial charge in [-0.25, -0.2) is 0 Å². The van der Waals surface area contributed by atoms with Crippen LogP contribution in [0.3, 0.4) is 0 Å². The third kappa shape index (κ3) is 2.88. The first-order valence-corrected chi connectivity index (χ1v) is 10.0. The highest BCUT2D eigenvalue weighted by molar-refractivity contribution is 7.07. The molecule has 0 radical (unpaired) electrons. The summed E-state index contributed by atoms with van der Waals surface area (Å²) in [4.78, 5) is 2.12. The van der Waals surface area contributed by atoms with Crippen LogP contribution in [0.1, 0.15) is 0 Å². The fourth-order valence-electron chi connectivity index (χ4n) is 3.19. The van der Waals surface area contributed by atoms with Gasteiger partial charge in [-0.15, -0.1) is 0 Å². The highest BCUT2D eigenvalue weighted by Crippen LogP contribution is 2.13. The maximum atomic E-state index is 6.32. The van der Waals surface area contributed by atoms with Gasteiger partial charge < -0.3 is 9.33 Å². The van der Waals surface area contributed by atoms with Crippen LogP contribution in [0.5, 0.6) is 0 Å². The second kappa shape index (κ2) is 7.03. The van der Waals surface area contributed by atoms with Crippen molar-refractivity contribution in [2.75, 3.05) is 26.1 Å². The number of nitrogens with zero attached hydrogens (tertiary/aromatic N) is 1. The third-order valence-electron chi connectivity index (χ3n) is 4.46. The van der Waals surface area contributed by atoms with E-state index in [9.17, 15) is 0 Å². The van der Waals surface area contributed by atoms with Gasteiger partial charge in [0.1, 0.15) is 0 Å². The lowest BCUT2D eigenvalue weighted by molar-refractivity contribution is 0.426. The minimum atomic E-state index is -2.47. The van der Waals surface area contributed by atoms with Crippen molar-refractivity contribution < 1.29 is 4.43 Å². The Balaban J connectivity index is 2.22. The lowest BCUT2D eigenvalue weighted by Crippen LogP contribution is -2.68. The Kier molecular flexibility index (Phi) is 4.83. The van der Waals surface area contributed by atoms with Crippen LogP contribution in [0.4, 0.5) is 5.69 Å². The predicted octanol–water partition coefficient (Wildman–Crippen LogP) is 2.37. The molecule has 122 valence electrons. The van der Waals surface area contributed by atoms with Crippen LogP contribution in [0.15, 0.2) is 84.9 Å². The van der Waals surface area contributed by atoms with E-state index in [0.29, 0.717) is 0 Å². The summed E-state index contributed by atoms with van der Waals surface area (Å²) in [7, 11) is 3.49. The zero-order valence-electron chi connectivity index (χ0n) is 14.4. The van der Waals surface area contributed by atoms with Crippen molar-refractivity contribution in [3.05, 3.63) is 84.9 Å². The van der Waals surface area contributed by atoms with Crippen LogP contribution in [0.25, 0.3) is 0 Å². The molecule has 0 saturated heterocycles. The van der Waals surface area contributed by atoms with E-state index >= 15 is 0 Å². The highest BCUT2D eigenvalue weighted by Gasteiger charge is 2.40. The molecule has 0 aliphatic heterocycles. The molecule has 3 aromatic carbocycles. The number of anilines is 1. The normalized spacial score (nSPS) is 11.3. The summed E-state index contributed by atoms with van der Waals surface area (Å²) < 4.78 is 6.32. The molecule has 0 bridgehead atoms. The molecule has 0 fully saturated rings. The number of hydrogen-bond donors (Lipinski definition) is 0. The summed E-state index contributed by atoms with van der Waals surface area (Å²) in [5.74, 6) is 0. The quantitative estimate of drug-likeness (QED) is 0.525. The summed E-state index contributed by atoms with van der Waals surface area (Å²) in [6.45, 7) is 0. The molecule has 0 unspecified atom stereocenters. The monoisotopic (exact) mass is 333 g/mol. The Labute approximate surface area is 145 Å². The number of rotatable bonds is 5. The topological polar surface area (TPSA) is 12.5 Å². The zero-order valence-corrected chi connectivity index (χ0v) is 15.4. The van der Waals surface area contributed by atoms with Gasteiger partial charge in [0.2, 0.25) is 0 Å². The van der Waals surface area contributed by atoms with Crippen LogP contribution in [-0.4, -0.2) is 29.5 Å². The SMILES string of the molecule is CO[Si](c1ccccc1)(c1ccccc1)c1ccc(N(C)C)cc1. The van der Waals surface area contributed by atoms with E-state index < -0.39 is 8.32 Å². The molecule has 3 heteroatoms. The molecule has 2 nitrogen and oxygen atoms in total. The van der Waals surface area contributed by atoms with Gasteiger partial charge >= 0.3 is 0 Å². The molecule has 0 saturated carbocycles. The van der Waals surface area contributed by atoms with E-state index in [1.54, 1.807) is 0 Å². The molecule has 0 amide bonds. The van der Waals surface area contributed by atoms with Crippen LogP contribution >= 0.6 is 0 Å². The summed E-state index contributed by atoms with van der Waals surface area (Å²) in [6, 6.07) is 30.0. The first kappa shape index (κ1) is 16.5. The van der Waals surface area contributed by atoms with Crippen molar-refractivity contribution in [2.24, 2.45) is 0 Å². The molecule has 3 rings (SSSR count). The summed E-state index contributed by atoms with van der Waals surface area (Å²) in [5.41, 5.74) is 1.19. The Hall–Kier alpha value is -2.36. The Morgan fingerprint density at radius 1 is 0.625 bits per heavy atom. The van der Waals surface area contributed by atoms with Crippen molar-refractivity contribution in [3.63, 3.8) is 0 Å². The number of hydrogen-bond acceptors (Lipinski definition) is 2. The van der Waals surface area contributed by atoms with Crippen LogP contribution in [-0.2, 0) is 4.43 Å². The maximum Gasteiger partial charge on any atom is 0.287 e. The van der Waals surface area contributed by atoms with E-state index in [-0.39, 0.29) is 0 Å². The molecule has 0 aromatic heterocycles. The van der Waals surface area contributed by atoms with Gasteiger partial charge in [-0.2, -0.15) is 0 Å². The highest BCUT2D eigenvalue weighted by atomic mass is 28.4. The minimum absolute atomic E-state index is 1.19. The Morgan fingerprint density at radius 2 is 1.04 bits per heavy atom. The molecule has 0 atom stereocenters. The number of benzene rings is 3. The molecular weight excluding hydrogens is 310 g/mol. The standard InChI is InChI=1S/C21H23NOSi/c1-22(2)18-14-16-21(17-15-18)24(23-3,19-10-6-4-7-11-19)20-12-8-5-9-13-20/h4-17H,1-3H3. The van der Waals surface area contributed by atoms with E-state index in [1.807, 2.05) is 7.11 Å². The first-order chi connectivity index (χ1) is 11.7. The van der Waals surface area contributed by atoms with Crippen molar-refractivity contribution in [1.82, 2.24) is 0 Å².